The van der Waals surface area contributed by atoms with Crippen LogP contribution in [0.4, 0.5) is 5.69 Å². The molecule has 0 spiro atoms. The minimum atomic E-state index is -0.683. The molecule has 0 unspecified atom stereocenters. The highest BCUT2D eigenvalue weighted by Crippen LogP contribution is 2.40. The molecule has 1 N–H and O–H groups in total. The van der Waals surface area contributed by atoms with E-state index in [4.69, 9.17) is 9.47 Å². The molecule has 7 heteroatoms. The third kappa shape index (κ3) is 5.27. The van der Waals surface area contributed by atoms with Crippen molar-refractivity contribution < 1.29 is 24.2 Å². The van der Waals surface area contributed by atoms with Crippen LogP contribution in [0.5, 0.6) is 0 Å². The molecule has 0 aliphatic carbocycles. The van der Waals surface area contributed by atoms with Gasteiger partial charge in [0.05, 0.1) is 35.6 Å². The maximum Gasteiger partial charge on any atom is 0.266 e. The third-order valence-electron chi connectivity index (χ3n) is 6.99. The highest BCUT2D eigenvalue weighted by atomic mass is 32.2. The number of aliphatic hydroxyl groups excluding tert-OH is 1. The van der Waals surface area contributed by atoms with Crippen LogP contribution in [-0.2, 0) is 16.1 Å². The number of carbonyl (C=O) groups excluding carboxylic acids is 2. The minimum absolute atomic E-state index is 0.0154. The zero-order valence-corrected chi connectivity index (χ0v) is 21.9. The second kappa shape index (κ2) is 11.2. The van der Waals surface area contributed by atoms with Crippen LogP contribution in [0.2, 0.25) is 0 Å². The standard InChI is InChI=1S/C32H27NO5S/c34-19-21-13-15-22(16-14-21)29-18-25(20-39-26-9-2-1-3-10-26)37-32(38-29)23-7-6-8-24(17-23)33-30(35)27-11-4-5-12-28(27)31(33)36/h1-17,25,29,32,34H,18-20H2/t25-,29+,32+/m0/s1. The first-order chi connectivity index (χ1) is 19.1. The number of nitrogens with zero attached hydrogens (tertiary/aromatic N) is 1. The molecule has 1 saturated heterocycles. The van der Waals surface area contributed by atoms with Crippen LogP contribution in [0.1, 0.15) is 56.2 Å². The Morgan fingerprint density at radius 3 is 2.15 bits per heavy atom. The van der Waals surface area contributed by atoms with Crippen molar-refractivity contribution in [3.63, 3.8) is 0 Å². The first-order valence-corrected chi connectivity index (χ1v) is 13.9. The van der Waals surface area contributed by atoms with Crippen molar-refractivity contribution in [1.29, 1.82) is 0 Å². The van der Waals surface area contributed by atoms with E-state index in [9.17, 15) is 14.7 Å². The fourth-order valence-electron chi connectivity index (χ4n) is 4.96. The Morgan fingerprint density at radius 2 is 1.46 bits per heavy atom. The first-order valence-electron chi connectivity index (χ1n) is 12.9. The van der Waals surface area contributed by atoms with E-state index in [0.29, 0.717) is 23.2 Å². The zero-order chi connectivity index (χ0) is 26.8. The summed E-state index contributed by atoms with van der Waals surface area (Å²) in [6.45, 7) is -0.0154. The fourth-order valence-corrected chi connectivity index (χ4v) is 5.91. The quantitative estimate of drug-likeness (QED) is 0.220. The maximum absolute atomic E-state index is 13.1. The van der Waals surface area contributed by atoms with Crippen molar-refractivity contribution in [3.05, 3.63) is 131 Å². The molecule has 2 aliphatic heterocycles. The van der Waals surface area contributed by atoms with Gasteiger partial charge < -0.3 is 14.6 Å². The lowest BCUT2D eigenvalue weighted by atomic mass is 10.0. The van der Waals surface area contributed by atoms with E-state index in [0.717, 1.165) is 22.4 Å². The average molecular weight is 538 g/mol. The topological polar surface area (TPSA) is 76.1 Å². The normalized spacial score (nSPS) is 20.7. The van der Waals surface area contributed by atoms with Crippen LogP contribution >= 0.6 is 11.8 Å². The number of carbonyl (C=O) groups is 2. The van der Waals surface area contributed by atoms with Crippen LogP contribution in [0.3, 0.4) is 0 Å². The molecular weight excluding hydrogens is 510 g/mol. The van der Waals surface area contributed by atoms with Gasteiger partial charge in [0.2, 0.25) is 0 Å². The Labute approximate surface area is 231 Å². The van der Waals surface area contributed by atoms with Crippen molar-refractivity contribution in [3.8, 4) is 0 Å². The Kier molecular flexibility index (Phi) is 7.30. The van der Waals surface area contributed by atoms with Crippen molar-refractivity contribution in [2.75, 3.05) is 10.7 Å². The number of imide groups is 1. The molecule has 4 aromatic rings. The number of anilines is 1. The van der Waals surface area contributed by atoms with E-state index >= 15 is 0 Å². The molecule has 196 valence electrons. The zero-order valence-electron chi connectivity index (χ0n) is 21.1. The van der Waals surface area contributed by atoms with Crippen molar-refractivity contribution in [2.45, 2.75) is 36.4 Å². The molecule has 2 heterocycles. The van der Waals surface area contributed by atoms with Crippen LogP contribution < -0.4 is 4.90 Å². The Morgan fingerprint density at radius 1 is 0.769 bits per heavy atom. The molecule has 3 atom stereocenters. The second-order valence-corrected chi connectivity index (χ2v) is 10.7. The van der Waals surface area contributed by atoms with Gasteiger partial charge in [-0.2, -0.15) is 0 Å². The smallest absolute Gasteiger partial charge is 0.266 e. The third-order valence-corrected chi connectivity index (χ3v) is 8.13. The molecule has 1 fully saturated rings. The van der Waals surface area contributed by atoms with E-state index < -0.39 is 6.29 Å². The number of aliphatic hydroxyl groups is 1. The fraction of sp³-hybridized carbons (Fsp3) is 0.188. The Hall–Kier alpha value is -3.75. The maximum atomic E-state index is 13.1. The number of hydrogen-bond acceptors (Lipinski definition) is 6. The molecule has 2 aliphatic rings. The number of rotatable bonds is 7. The van der Waals surface area contributed by atoms with Crippen LogP contribution in [-0.4, -0.2) is 28.8 Å². The van der Waals surface area contributed by atoms with E-state index in [2.05, 4.69) is 12.1 Å². The van der Waals surface area contributed by atoms with Crippen molar-refractivity contribution >= 4 is 29.3 Å². The lowest BCUT2D eigenvalue weighted by Crippen LogP contribution is -2.32. The van der Waals surface area contributed by atoms with Crippen LogP contribution in [0, 0.1) is 0 Å². The summed E-state index contributed by atoms with van der Waals surface area (Å²) < 4.78 is 12.9. The van der Waals surface area contributed by atoms with E-state index in [1.165, 1.54) is 9.80 Å². The number of fused-ring (bicyclic) bond motifs is 1. The average Bonchev–Trinajstić information content (AvgIpc) is 3.26. The highest BCUT2D eigenvalue weighted by Gasteiger charge is 2.37. The molecule has 6 rings (SSSR count). The van der Waals surface area contributed by atoms with Gasteiger partial charge in [-0.25, -0.2) is 4.90 Å². The monoisotopic (exact) mass is 537 g/mol. The number of benzene rings is 4. The predicted molar refractivity (Wildman–Crippen MR) is 150 cm³/mol. The van der Waals surface area contributed by atoms with Gasteiger partial charge in [-0.05, 0) is 47.5 Å². The number of ether oxygens (including phenoxy) is 2. The molecular formula is C32H27NO5S. The molecule has 0 bridgehead atoms. The molecule has 4 aromatic carbocycles. The van der Waals surface area contributed by atoms with Gasteiger partial charge in [0, 0.05) is 22.6 Å². The molecule has 2 amide bonds. The molecule has 0 aromatic heterocycles. The molecule has 6 nitrogen and oxygen atoms in total. The summed E-state index contributed by atoms with van der Waals surface area (Å²) in [4.78, 5) is 28.5. The largest absolute Gasteiger partial charge is 0.392 e. The van der Waals surface area contributed by atoms with Gasteiger partial charge in [-0.3, -0.25) is 9.59 Å². The van der Waals surface area contributed by atoms with Gasteiger partial charge in [0.25, 0.3) is 11.8 Å². The summed E-state index contributed by atoms with van der Waals surface area (Å²) in [6.07, 6.45) is -0.328. The molecule has 0 saturated carbocycles. The van der Waals surface area contributed by atoms with E-state index in [1.807, 2.05) is 54.6 Å². The van der Waals surface area contributed by atoms with Gasteiger partial charge in [-0.1, -0.05) is 66.7 Å². The molecule has 39 heavy (non-hydrogen) atoms. The lowest BCUT2D eigenvalue weighted by Gasteiger charge is -2.36. The summed E-state index contributed by atoms with van der Waals surface area (Å²) in [7, 11) is 0. The number of thioether (sulfide) groups is 1. The number of amides is 2. The summed E-state index contributed by atoms with van der Waals surface area (Å²) in [5.41, 5.74) is 3.87. The van der Waals surface area contributed by atoms with Crippen molar-refractivity contribution in [2.24, 2.45) is 0 Å². The van der Waals surface area contributed by atoms with Crippen LogP contribution in [0.25, 0.3) is 0 Å². The van der Waals surface area contributed by atoms with Crippen LogP contribution in [0.15, 0.2) is 108 Å². The van der Waals surface area contributed by atoms with Gasteiger partial charge >= 0.3 is 0 Å². The van der Waals surface area contributed by atoms with E-state index in [-0.39, 0.29) is 30.6 Å². The van der Waals surface area contributed by atoms with Gasteiger partial charge in [0.15, 0.2) is 6.29 Å². The second-order valence-electron chi connectivity index (χ2n) is 9.56. The summed E-state index contributed by atoms with van der Waals surface area (Å²) in [6, 6.07) is 32.1. The van der Waals surface area contributed by atoms with Gasteiger partial charge in [0.1, 0.15) is 0 Å². The minimum Gasteiger partial charge on any atom is -0.392 e. The van der Waals surface area contributed by atoms with Crippen molar-refractivity contribution in [1.82, 2.24) is 0 Å². The van der Waals surface area contributed by atoms with E-state index in [1.54, 1.807) is 48.2 Å². The lowest BCUT2D eigenvalue weighted by molar-refractivity contribution is -0.245. The predicted octanol–water partition coefficient (Wildman–Crippen LogP) is 6.32. The Bertz CT molecular complexity index is 1460. The van der Waals surface area contributed by atoms with Gasteiger partial charge in [-0.15, -0.1) is 11.8 Å². The number of hydrogen-bond donors (Lipinski definition) is 1. The SMILES string of the molecule is O=C1c2ccccc2C(=O)N1c1cccc([C@@H]2O[C@H](CSc3ccccc3)C[C@H](c3ccc(CO)cc3)O2)c1. The Balaban J connectivity index is 1.27. The highest BCUT2D eigenvalue weighted by molar-refractivity contribution is 7.99. The molecule has 0 radical (unpaired) electrons. The summed E-state index contributed by atoms with van der Waals surface area (Å²) in [5.74, 6) is 0.0714. The first kappa shape index (κ1) is 25.5. The summed E-state index contributed by atoms with van der Waals surface area (Å²) >= 11 is 1.73. The summed E-state index contributed by atoms with van der Waals surface area (Å²) in [5, 5.41) is 9.45.